The third-order valence-electron chi connectivity index (χ3n) is 4.04. The summed E-state index contributed by atoms with van der Waals surface area (Å²) < 4.78 is 34.3. The third-order valence-corrected chi connectivity index (χ3v) is 4.04. The molecule has 4 nitrogen and oxygen atoms in total. The second-order valence-corrected chi connectivity index (χ2v) is 5.61. The summed E-state index contributed by atoms with van der Waals surface area (Å²) in [6.45, 7) is 0.0359. The fourth-order valence-corrected chi connectivity index (χ4v) is 2.86. The zero-order valence-electron chi connectivity index (χ0n) is 13.1. The van der Waals surface area contributed by atoms with E-state index in [1.54, 1.807) is 12.1 Å². The first-order valence-corrected chi connectivity index (χ1v) is 7.63. The van der Waals surface area contributed by atoms with E-state index < -0.39 is 6.61 Å². The van der Waals surface area contributed by atoms with Gasteiger partial charge in [-0.2, -0.15) is 8.78 Å². The summed E-state index contributed by atoms with van der Waals surface area (Å²) in [4.78, 5) is 2.31. The van der Waals surface area contributed by atoms with Gasteiger partial charge in [-0.3, -0.25) is 4.90 Å². The van der Waals surface area contributed by atoms with Crippen LogP contribution in [0.25, 0.3) is 0 Å². The van der Waals surface area contributed by atoms with Crippen LogP contribution in [0.15, 0.2) is 18.2 Å². The van der Waals surface area contributed by atoms with Crippen molar-refractivity contribution in [3.8, 4) is 11.5 Å². The Morgan fingerprint density at radius 1 is 1.27 bits per heavy atom. The lowest BCUT2D eigenvalue weighted by molar-refractivity contribution is -0.0512. The molecule has 1 aromatic carbocycles. The number of benzene rings is 1. The van der Waals surface area contributed by atoms with Gasteiger partial charge in [0.25, 0.3) is 0 Å². The fourth-order valence-electron chi connectivity index (χ4n) is 2.86. The van der Waals surface area contributed by atoms with Crippen LogP contribution >= 0.6 is 0 Å². The maximum atomic E-state index is 12.3. The van der Waals surface area contributed by atoms with Crippen LogP contribution in [0.3, 0.4) is 0 Å². The third kappa shape index (κ3) is 4.81. The summed E-state index contributed by atoms with van der Waals surface area (Å²) >= 11 is 0. The predicted molar refractivity (Wildman–Crippen MR) is 81.6 cm³/mol. The zero-order valence-corrected chi connectivity index (χ0v) is 13.1. The molecule has 22 heavy (non-hydrogen) atoms. The number of hydrogen-bond donors (Lipinski definition) is 1. The van der Waals surface area contributed by atoms with Crippen LogP contribution in [-0.2, 0) is 6.54 Å². The van der Waals surface area contributed by atoms with Crippen molar-refractivity contribution in [2.24, 2.45) is 0 Å². The highest BCUT2D eigenvalue weighted by atomic mass is 19.3. The molecule has 1 unspecified atom stereocenters. The second kappa shape index (κ2) is 8.29. The summed E-state index contributed by atoms with van der Waals surface area (Å²) in [5, 5.41) is 3.41. The summed E-state index contributed by atoms with van der Waals surface area (Å²) in [5.74, 6) is 0.413. The van der Waals surface area contributed by atoms with Crippen LogP contribution in [0.1, 0.15) is 24.8 Å². The Kier molecular flexibility index (Phi) is 6.39. The first-order chi connectivity index (χ1) is 10.6. The molecular formula is C16H24F2N2O2. The van der Waals surface area contributed by atoms with Crippen molar-refractivity contribution in [2.45, 2.75) is 38.5 Å². The van der Waals surface area contributed by atoms with Gasteiger partial charge in [-0.15, -0.1) is 0 Å². The van der Waals surface area contributed by atoms with Crippen molar-refractivity contribution < 1.29 is 18.3 Å². The van der Waals surface area contributed by atoms with E-state index in [0.717, 1.165) is 31.6 Å². The molecule has 0 amide bonds. The van der Waals surface area contributed by atoms with E-state index in [9.17, 15) is 8.78 Å². The van der Waals surface area contributed by atoms with E-state index >= 15 is 0 Å². The summed E-state index contributed by atoms with van der Waals surface area (Å²) in [5.41, 5.74) is 1.03. The lowest BCUT2D eigenvalue weighted by atomic mass is 10.1. The lowest BCUT2D eigenvalue weighted by Gasteiger charge is -2.27. The second-order valence-electron chi connectivity index (χ2n) is 5.61. The molecule has 1 atom stereocenters. The number of alkyl halides is 2. The number of ether oxygens (including phenoxy) is 2. The van der Waals surface area contributed by atoms with Crippen molar-refractivity contribution in [1.29, 1.82) is 0 Å². The quantitative estimate of drug-likeness (QED) is 0.875. The predicted octanol–water partition coefficient (Wildman–Crippen LogP) is 2.87. The smallest absolute Gasteiger partial charge is 0.387 e. The van der Waals surface area contributed by atoms with Gasteiger partial charge in [0.1, 0.15) is 0 Å². The highest BCUT2D eigenvalue weighted by Gasteiger charge is 2.18. The normalized spacial score (nSPS) is 19.3. The first kappa shape index (κ1) is 17.0. The molecule has 0 radical (unpaired) electrons. The molecule has 1 heterocycles. The maximum absolute atomic E-state index is 12.3. The van der Waals surface area contributed by atoms with Crippen LogP contribution in [0, 0.1) is 0 Å². The molecule has 6 heteroatoms. The van der Waals surface area contributed by atoms with E-state index in [0.29, 0.717) is 11.8 Å². The number of methoxy groups -OCH3 is 1. The Balaban J connectivity index is 2.02. The van der Waals surface area contributed by atoms with Crippen LogP contribution < -0.4 is 14.8 Å². The minimum atomic E-state index is -2.85. The largest absolute Gasteiger partial charge is 0.493 e. The van der Waals surface area contributed by atoms with E-state index in [1.807, 2.05) is 6.07 Å². The zero-order chi connectivity index (χ0) is 15.9. The Hall–Kier alpha value is -1.40. The number of nitrogens with one attached hydrogen (secondary N) is 1. The Bertz CT molecular complexity index is 463. The lowest BCUT2D eigenvalue weighted by Crippen LogP contribution is -2.32. The van der Waals surface area contributed by atoms with Gasteiger partial charge in [0.05, 0.1) is 7.11 Å². The summed E-state index contributed by atoms with van der Waals surface area (Å²) in [7, 11) is 3.56. The average molecular weight is 314 g/mol. The molecule has 1 fully saturated rings. The van der Waals surface area contributed by atoms with Crippen molar-refractivity contribution in [3.05, 3.63) is 23.8 Å². The molecule has 2 rings (SSSR count). The highest BCUT2D eigenvalue weighted by Crippen LogP contribution is 2.30. The van der Waals surface area contributed by atoms with Crippen LogP contribution in [-0.4, -0.2) is 44.8 Å². The molecule has 0 spiro atoms. The van der Waals surface area contributed by atoms with E-state index in [-0.39, 0.29) is 5.75 Å². The number of rotatable bonds is 6. The topological polar surface area (TPSA) is 33.7 Å². The molecule has 0 aliphatic carbocycles. The van der Waals surface area contributed by atoms with Crippen molar-refractivity contribution >= 4 is 0 Å². The molecule has 0 bridgehead atoms. The van der Waals surface area contributed by atoms with Crippen LogP contribution in [0.2, 0.25) is 0 Å². The Labute approximate surface area is 130 Å². The minimum absolute atomic E-state index is 0.0718. The van der Waals surface area contributed by atoms with Crippen molar-refractivity contribution in [3.63, 3.8) is 0 Å². The maximum Gasteiger partial charge on any atom is 0.387 e. The monoisotopic (exact) mass is 314 g/mol. The van der Waals surface area contributed by atoms with Gasteiger partial charge in [-0.1, -0.05) is 6.07 Å². The summed E-state index contributed by atoms with van der Waals surface area (Å²) in [6, 6.07) is 5.66. The SMILES string of the molecule is COc1cc(CN(C)C2CCCNCC2)ccc1OC(F)F. The molecular weight excluding hydrogens is 290 g/mol. The molecule has 1 aromatic rings. The average Bonchev–Trinajstić information content (AvgIpc) is 2.77. The van der Waals surface area contributed by atoms with Gasteiger partial charge in [-0.25, -0.2) is 0 Å². The van der Waals surface area contributed by atoms with E-state index in [2.05, 4.69) is 22.0 Å². The van der Waals surface area contributed by atoms with Gasteiger partial charge in [-0.05, 0) is 57.1 Å². The molecule has 0 aromatic heterocycles. The van der Waals surface area contributed by atoms with Crippen LogP contribution in [0.5, 0.6) is 11.5 Å². The minimum Gasteiger partial charge on any atom is -0.493 e. The van der Waals surface area contributed by atoms with E-state index in [4.69, 9.17) is 4.74 Å². The highest BCUT2D eigenvalue weighted by molar-refractivity contribution is 5.43. The molecule has 1 N–H and O–H groups in total. The molecule has 0 saturated carbocycles. The molecule has 1 aliphatic heterocycles. The molecule has 1 saturated heterocycles. The molecule has 124 valence electrons. The molecule has 1 aliphatic rings. The van der Waals surface area contributed by atoms with Gasteiger partial charge in [0.15, 0.2) is 11.5 Å². The van der Waals surface area contributed by atoms with Gasteiger partial charge >= 0.3 is 6.61 Å². The van der Waals surface area contributed by atoms with Crippen LogP contribution in [0.4, 0.5) is 8.78 Å². The first-order valence-electron chi connectivity index (χ1n) is 7.63. The Morgan fingerprint density at radius 2 is 2.09 bits per heavy atom. The van der Waals surface area contributed by atoms with Gasteiger partial charge < -0.3 is 14.8 Å². The summed E-state index contributed by atoms with van der Waals surface area (Å²) in [6.07, 6.45) is 3.48. The van der Waals surface area contributed by atoms with E-state index in [1.165, 1.54) is 20.0 Å². The van der Waals surface area contributed by atoms with Crippen molar-refractivity contribution in [2.75, 3.05) is 27.2 Å². The Morgan fingerprint density at radius 3 is 2.82 bits per heavy atom. The van der Waals surface area contributed by atoms with Gasteiger partial charge in [0, 0.05) is 12.6 Å². The fraction of sp³-hybridized carbons (Fsp3) is 0.625. The van der Waals surface area contributed by atoms with Crippen molar-refractivity contribution in [1.82, 2.24) is 10.2 Å². The standard InChI is InChI=1S/C16H24F2N2O2/c1-20(13-4-3-8-19-9-7-13)11-12-5-6-14(22-16(17)18)15(10-12)21-2/h5-6,10,13,16,19H,3-4,7-9,11H2,1-2H3. The van der Waals surface area contributed by atoms with Gasteiger partial charge in [0.2, 0.25) is 0 Å². The number of halogens is 2. The number of nitrogens with zero attached hydrogens (tertiary/aromatic N) is 1. The number of hydrogen-bond acceptors (Lipinski definition) is 4.